The lowest BCUT2D eigenvalue weighted by Crippen LogP contribution is -2.17. The summed E-state index contributed by atoms with van der Waals surface area (Å²) in [5.74, 6) is 0. The van der Waals surface area contributed by atoms with Crippen LogP contribution in [0.1, 0.15) is 23.1 Å². The van der Waals surface area contributed by atoms with E-state index in [1.54, 1.807) is 30.3 Å². The van der Waals surface area contributed by atoms with Crippen LogP contribution in [0.4, 0.5) is 0 Å². The summed E-state index contributed by atoms with van der Waals surface area (Å²) in [6.07, 6.45) is 3.67. The van der Waals surface area contributed by atoms with E-state index in [0.29, 0.717) is 5.71 Å². The number of allylic oxidation sites excluding steroid dienone is 1. The minimum atomic E-state index is -3.78. The Labute approximate surface area is 159 Å². The van der Waals surface area contributed by atoms with E-state index in [2.05, 4.69) is 4.40 Å². The molecule has 0 spiro atoms. The van der Waals surface area contributed by atoms with E-state index < -0.39 is 10.0 Å². The van der Waals surface area contributed by atoms with Crippen LogP contribution in [0.3, 0.4) is 0 Å². The van der Waals surface area contributed by atoms with Gasteiger partial charge in [-0.25, -0.2) is 0 Å². The first kappa shape index (κ1) is 17.4. The molecule has 0 aromatic heterocycles. The molecule has 3 nitrogen and oxygen atoms in total. The fourth-order valence-electron chi connectivity index (χ4n) is 3.29. The van der Waals surface area contributed by atoms with Gasteiger partial charge in [0.1, 0.15) is 0 Å². The van der Waals surface area contributed by atoms with Crippen molar-refractivity contribution in [2.75, 3.05) is 0 Å². The van der Waals surface area contributed by atoms with Gasteiger partial charge in [0.25, 0.3) is 10.0 Å². The smallest absolute Gasteiger partial charge is 0.199 e. The molecule has 4 heteroatoms. The second kappa shape index (κ2) is 7.33. The van der Waals surface area contributed by atoms with Crippen LogP contribution in [-0.4, -0.2) is 14.1 Å². The molecule has 0 N–H and O–H groups in total. The van der Waals surface area contributed by atoms with Crippen LogP contribution in [0.2, 0.25) is 0 Å². The molecule has 27 heavy (non-hydrogen) atoms. The van der Waals surface area contributed by atoms with E-state index in [9.17, 15) is 8.42 Å². The molecule has 1 aliphatic carbocycles. The minimum Gasteiger partial charge on any atom is -0.199 e. The number of hydrogen-bond acceptors (Lipinski definition) is 2. The lowest BCUT2D eigenvalue weighted by molar-refractivity contribution is 0.598. The summed E-state index contributed by atoms with van der Waals surface area (Å²) < 4.78 is 30.1. The van der Waals surface area contributed by atoms with Crippen LogP contribution in [0.5, 0.6) is 0 Å². The van der Waals surface area contributed by atoms with E-state index >= 15 is 0 Å². The molecule has 0 radical (unpaired) electrons. The highest BCUT2D eigenvalue weighted by molar-refractivity contribution is 7.90. The molecule has 0 aliphatic heterocycles. The van der Waals surface area contributed by atoms with Crippen LogP contribution in [0.25, 0.3) is 6.08 Å². The van der Waals surface area contributed by atoms with E-state index in [0.717, 1.165) is 35.1 Å². The average Bonchev–Trinajstić information content (AvgIpc) is 2.71. The van der Waals surface area contributed by atoms with Crippen molar-refractivity contribution < 1.29 is 8.42 Å². The minimum absolute atomic E-state index is 0.208. The molecule has 134 valence electrons. The lowest BCUT2D eigenvalue weighted by Gasteiger charge is -2.21. The largest absolute Gasteiger partial charge is 0.282 e. The van der Waals surface area contributed by atoms with Gasteiger partial charge in [0.05, 0.1) is 10.6 Å². The topological polar surface area (TPSA) is 46.5 Å². The van der Waals surface area contributed by atoms with Gasteiger partial charge in [-0.2, -0.15) is 12.8 Å². The second-order valence-corrected chi connectivity index (χ2v) is 8.07. The van der Waals surface area contributed by atoms with E-state index in [1.807, 2.05) is 60.7 Å². The van der Waals surface area contributed by atoms with Crippen molar-refractivity contribution in [1.82, 2.24) is 0 Å². The zero-order valence-electron chi connectivity index (χ0n) is 14.7. The van der Waals surface area contributed by atoms with Crippen LogP contribution >= 0.6 is 0 Å². The summed E-state index contributed by atoms with van der Waals surface area (Å²) in [6, 6.07) is 26.2. The van der Waals surface area contributed by atoms with Crippen molar-refractivity contribution in [3.8, 4) is 0 Å². The molecule has 0 saturated heterocycles. The molecule has 0 bridgehead atoms. The highest BCUT2D eigenvalue weighted by atomic mass is 32.2. The highest BCUT2D eigenvalue weighted by Gasteiger charge is 2.23. The molecule has 0 atom stereocenters. The molecule has 3 aromatic rings. The van der Waals surface area contributed by atoms with Gasteiger partial charge in [0.15, 0.2) is 0 Å². The van der Waals surface area contributed by atoms with Crippen molar-refractivity contribution >= 4 is 21.8 Å². The van der Waals surface area contributed by atoms with E-state index in [4.69, 9.17) is 0 Å². The zero-order chi connectivity index (χ0) is 18.7. The first-order valence-electron chi connectivity index (χ1n) is 8.88. The maximum absolute atomic E-state index is 12.9. The van der Waals surface area contributed by atoms with Gasteiger partial charge >= 0.3 is 0 Å². The number of fused-ring (bicyclic) bond motifs is 1. The fraction of sp³-hybridized carbons (Fsp3) is 0.0870. The number of benzene rings is 3. The number of hydrogen-bond donors (Lipinski definition) is 0. The monoisotopic (exact) mass is 373 g/mol. The summed E-state index contributed by atoms with van der Waals surface area (Å²) >= 11 is 0. The molecule has 1 aliphatic rings. The third kappa shape index (κ3) is 3.76. The molecule has 0 unspecified atom stereocenters. The Bertz CT molecular complexity index is 1120. The predicted octanol–water partition coefficient (Wildman–Crippen LogP) is 4.89. The second-order valence-electron chi connectivity index (χ2n) is 6.47. The lowest BCUT2D eigenvalue weighted by atomic mass is 9.85. The van der Waals surface area contributed by atoms with E-state index in [-0.39, 0.29) is 4.90 Å². The van der Waals surface area contributed by atoms with Crippen molar-refractivity contribution in [3.63, 3.8) is 0 Å². The number of rotatable bonds is 3. The van der Waals surface area contributed by atoms with Crippen molar-refractivity contribution in [2.24, 2.45) is 4.40 Å². The maximum atomic E-state index is 12.9. The molecule has 4 rings (SSSR count). The van der Waals surface area contributed by atoms with Crippen LogP contribution in [0.15, 0.2) is 99.8 Å². The number of aryl methyl sites for hydroxylation is 1. The molecule has 0 saturated carbocycles. The summed E-state index contributed by atoms with van der Waals surface area (Å²) in [6.45, 7) is 0. The quantitative estimate of drug-likeness (QED) is 0.656. The molecule has 0 amide bonds. The first-order chi connectivity index (χ1) is 13.1. The molecule has 3 aromatic carbocycles. The van der Waals surface area contributed by atoms with Gasteiger partial charge in [0.2, 0.25) is 0 Å². The van der Waals surface area contributed by atoms with Gasteiger partial charge in [-0.1, -0.05) is 72.8 Å². The van der Waals surface area contributed by atoms with Crippen molar-refractivity contribution in [2.45, 2.75) is 17.7 Å². The Kier molecular flexibility index (Phi) is 4.73. The average molecular weight is 373 g/mol. The standard InChI is InChI=1S/C23H19NO2S/c25-27(26,21-12-5-2-6-13-21)24-23-20(17-18-9-3-1-4-10-18)16-15-19-11-7-8-14-22(19)23/h1-14,17H,15-16H2/b20-17+,24-23+. The summed E-state index contributed by atoms with van der Waals surface area (Å²) in [7, 11) is -3.78. The first-order valence-corrected chi connectivity index (χ1v) is 10.3. The Balaban J connectivity index is 1.88. The van der Waals surface area contributed by atoms with Gasteiger partial charge in [-0.15, -0.1) is 0 Å². The Morgan fingerprint density at radius 3 is 2.11 bits per heavy atom. The Hall–Kier alpha value is -2.98. The van der Waals surface area contributed by atoms with E-state index in [1.165, 1.54) is 0 Å². The molecular formula is C23H19NO2S. The maximum Gasteiger partial charge on any atom is 0.282 e. The molecule has 0 fully saturated rings. The van der Waals surface area contributed by atoms with Gasteiger partial charge in [-0.05, 0) is 47.8 Å². The SMILES string of the molecule is O=S(=O)(/N=C1\C(=C\c2ccccc2)CCc2ccccc21)c1ccccc1. The Morgan fingerprint density at radius 1 is 0.741 bits per heavy atom. The molecule has 0 heterocycles. The predicted molar refractivity (Wildman–Crippen MR) is 109 cm³/mol. The van der Waals surface area contributed by atoms with Crippen molar-refractivity contribution in [1.29, 1.82) is 0 Å². The Morgan fingerprint density at radius 2 is 1.37 bits per heavy atom. The summed E-state index contributed by atoms with van der Waals surface area (Å²) in [4.78, 5) is 0.208. The zero-order valence-corrected chi connectivity index (χ0v) is 15.6. The summed E-state index contributed by atoms with van der Waals surface area (Å²) in [5.41, 5.74) is 4.55. The van der Waals surface area contributed by atoms with Crippen LogP contribution in [0, 0.1) is 0 Å². The number of nitrogens with zero attached hydrogens (tertiary/aromatic N) is 1. The van der Waals surface area contributed by atoms with Gasteiger partial charge in [-0.3, -0.25) is 0 Å². The third-order valence-corrected chi connectivity index (χ3v) is 5.92. The third-order valence-electron chi connectivity index (χ3n) is 4.63. The molecular weight excluding hydrogens is 354 g/mol. The van der Waals surface area contributed by atoms with Crippen LogP contribution in [-0.2, 0) is 16.4 Å². The number of sulfonamides is 1. The van der Waals surface area contributed by atoms with Crippen molar-refractivity contribution in [3.05, 3.63) is 107 Å². The normalized spacial score (nSPS) is 17.0. The van der Waals surface area contributed by atoms with Crippen LogP contribution < -0.4 is 0 Å². The summed E-state index contributed by atoms with van der Waals surface area (Å²) in [5, 5.41) is 0. The van der Waals surface area contributed by atoms with Gasteiger partial charge < -0.3 is 0 Å². The fourth-order valence-corrected chi connectivity index (χ4v) is 4.36. The highest BCUT2D eigenvalue weighted by Crippen LogP contribution is 2.29. The van der Waals surface area contributed by atoms with Gasteiger partial charge in [0, 0.05) is 5.56 Å².